The van der Waals surface area contributed by atoms with Gasteiger partial charge in [0.05, 0.1) is 0 Å². The molecular formula is C20H5F29O2. The minimum atomic E-state index is -9.97. The van der Waals surface area contributed by atoms with Gasteiger partial charge in [-0.25, -0.2) is 0 Å². The summed E-state index contributed by atoms with van der Waals surface area (Å²) in [5.74, 6) is -117. The maximum Gasteiger partial charge on any atom is 0.471 e. The van der Waals surface area contributed by atoms with E-state index in [1.54, 1.807) is 0 Å². The molecule has 1 rings (SSSR count). The fourth-order valence-electron chi connectivity index (χ4n) is 3.06. The molecule has 0 aliphatic heterocycles. The monoisotopic (exact) mass is 828 g/mol. The lowest BCUT2D eigenvalue weighted by Gasteiger charge is -2.46. The van der Waals surface area contributed by atoms with Crippen LogP contribution in [0.5, 0.6) is 11.5 Å². The second-order valence-electron chi connectivity index (χ2n) is 9.50. The molecule has 0 spiro atoms. The highest BCUT2D eigenvalue weighted by Gasteiger charge is 3.01. The highest BCUT2D eigenvalue weighted by Crippen LogP contribution is 2.69. The molecule has 0 saturated carbocycles. The molecule has 0 amide bonds. The number of halogens is 29. The second-order valence-corrected chi connectivity index (χ2v) is 9.50. The van der Waals surface area contributed by atoms with Crippen molar-refractivity contribution in [3.8, 4) is 11.5 Å². The standard InChI is InChI=1S/C20H5F29O2/c21-7(22,9(25,26)11(29,30)13(33,34)15(37,38)17(41,42)19(45,46)47)8(23,24)10(27,28)12(31,32)14(35,36)16(39,40)18(43,44)20(48,49)51-6-3-1-5(50)2-4-6/h1-4,50H. The molecule has 1 aromatic carbocycles. The summed E-state index contributed by atoms with van der Waals surface area (Å²) < 4.78 is 394. The molecule has 1 N–H and O–H groups in total. The predicted molar refractivity (Wildman–Crippen MR) is 99.1 cm³/mol. The quantitative estimate of drug-likeness (QED) is 0.189. The van der Waals surface area contributed by atoms with Crippen molar-refractivity contribution in [1.29, 1.82) is 0 Å². The van der Waals surface area contributed by atoms with Gasteiger partial charge in [-0.05, 0) is 24.3 Å². The summed E-state index contributed by atoms with van der Waals surface area (Å²) in [6.45, 7) is 0. The topological polar surface area (TPSA) is 29.5 Å². The number of phenolic OH excluding ortho intramolecular Hbond substituents is 1. The third kappa shape index (κ3) is 5.66. The molecule has 0 saturated heterocycles. The first kappa shape index (κ1) is 45.8. The number of alkyl halides is 29. The lowest BCUT2D eigenvalue weighted by molar-refractivity contribution is -0.490. The highest BCUT2D eigenvalue weighted by atomic mass is 19.4. The van der Waals surface area contributed by atoms with Gasteiger partial charge in [0.15, 0.2) is 0 Å². The largest absolute Gasteiger partial charge is 0.508 e. The third-order valence-corrected chi connectivity index (χ3v) is 6.14. The summed E-state index contributed by atoms with van der Waals surface area (Å²) >= 11 is 0. The molecule has 0 fully saturated rings. The summed E-state index contributed by atoms with van der Waals surface area (Å²) in [5, 5.41) is 8.86. The van der Waals surface area contributed by atoms with Crippen molar-refractivity contribution in [2.75, 3.05) is 0 Å². The van der Waals surface area contributed by atoms with Gasteiger partial charge in [-0.3, -0.25) is 0 Å². The van der Waals surface area contributed by atoms with Crippen LogP contribution in [0.25, 0.3) is 0 Å². The van der Waals surface area contributed by atoms with Gasteiger partial charge < -0.3 is 9.84 Å². The second kappa shape index (κ2) is 11.6. The summed E-state index contributed by atoms with van der Waals surface area (Å²) in [6.07, 6.45) is -15.8. The molecular weight excluding hydrogens is 823 g/mol. The van der Waals surface area contributed by atoms with E-state index in [0.717, 1.165) is 0 Å². The smallest absolute Gasteiger partial charge is 0.471 e. The SMILES string of the molecule is Oc1ccc(OC(F)(F)C(F)(F)C(F)(F)C(F)(F)C(F)(F)C(F)(F)C(F)(F)C(F)(F)C(F)(F)C(F)(F)C(F)(F)C(F)(F)C(F)(F)C(F)(F)F)cc1. The van der Waals surface area contributed by atoms with Crippen molar-refractivity contribution < 1.29 is 137 Å². The van der Waals surface area contributed by atoms with Gasteiger partial charge in [0.25, 0.3) is 0 Å². The van der Waals surface area contributed by atoms with E-state index in [1.165, 1.54) is 0 Å². The molecule has 0 aromatic heterocycles. The van der Waals surface area contributed by atoms with Crippen LogP contribution in [0.15, 0.2) is 24.3 Å². The molecule has 2 nitrogen and oxygen atoms in total. The van der Waals surface area contributed by atoms with Crippen molar-refractivity contribution in [3.05, 3.63) is 24.3 Å². The Morgan fingerprint density at radius 3 is 0.706 bits per heavy atom. The van der Waals surface area contributed by atoms with Gasteiger partial charge in [0.1, 0.15) is 11.5 Å². The van der Waals surface area contributed by atoms with E-state index in [4.69, 9.17) is 5.11 Å². The van der Waals surface area contributed by atoms with Gasteiger partial charge >= 0.3 is 83.4 Å². The summed E-state index contributed by atoms with van der Waals surface area (Å²) in [7, 11) is 0. The van der Waals surface area contributed by atoms with Gasteiger partial charge in [-0.1, -0.05) is 0 Å². The Balaban J connectivity index is 3.92. The predicted octanol–water partition coefficient (Wildman–Crippen LogP) is 10.5. The van der Waals surface area contributed by atoms with Gasteiger partial charge in [-0.2, -0.15) is 127 Å². The Labute approximate surface area is 257 Å². The first-order chi connectivity index (χ1) is 21.7. The van der Waals surface area contributed by atoms with Gasteiger partial charge in [-0.15, -0.1) is 0 Å². The zero-order chi connectivity index (χ0) is 41.7. The van der Waals surface area contributed by atoms with Crippen molar-refractivity contribution >= 4 is 0 Å². The van der Waals surface area contributed by atoms with Crippen LogP contribution in [0.2, 0.25) is 0 Å². The van der Waals surface area contributed by atoms with Crippen LogP contribution >= 0.6 is 0 Å². The first-order valence-corrected chi connectivity index (χ1v) is 11.2. The minimum absolute atomic E-state index is 0.130. The van der Waals surface area contributed by atoms with E-state index >= 15 is 0 Å². The number of benzene rings is 1. The molecule has 1 aromatic rings. The van der Waals surface area contributed by atoms with Crippen LogP contribution in [0.1, 0.15) is 0 Å². The molecule has 0 unspecified atom stereocenters. The van der Waals surface area contributed by atoms with Crippen LogP contribution in [0, 0.1) is 0 Å². The number of hydrogen-bond donors (Lipinski definition) is 1. The Hall–Kier alpha value is -3.21. The molecule has 0 radical (unpaired) electrons. The van der Waals surface area contributed by atoms with Crippen LogP contribution < -0.4 is 4.74 Å². The van der Waals surface area contributed by atoms with Crippen molar-refractivity contribution in [3.63, 3.8) is 0 Å². The molecule has 51 heavy (non-hydrogen) atoms. The number of ether oxygens (including phenoxy) is 1. The Bertz CT molecular complexity index is 1400. The zero-order valence-corrected chi connectivity index (χ0v) is 22.1. The van der Waals surface area contributed by atoms with Gasteiger partial charge in [0.2, 0.25) is 0 Å². The lowest BCUT2D eigenvalue weighted by atomic mass is 9.84. The van der Waals surface area contributed by atoms with E-state index < -0.39 is 94.9 Å². The van der Waals surface area contributed by atoms with Crippen LogP contribution in [-0.2, 0) is 0 Å². The normalized spacial score (nSPS) is 16.4. The third-order valence-electron chi connectivity index (χ3n) is 6.14. The van der Waals surface area contributed by atoms with E-state index in [9.17, 15) is 127 Å². The molecule has 300 valence electrons. The average Bonchev–Trinajstić information content (AvgIpc) is 2.92. The number of aromatic hydroxyl groups is 1. The van der Waals surface area contributed by atoms with Crippen molar-refractivity contribution in [1.82, 2.24) is 0 Å². The summed E-state index contributed by atoms with van der Waals surface area (Å²) in [5.41, 5.74) is 0. The number of hydrogen-bond acceptors (Lipinski definition) is 2. The van der Waals surface area contributed by atoms with Crippen molar-refractivity contribution in [2.45, 2.75) is 83.4 Å². The zero-order valence-electron chi connectivity index (χ0n) is 22.1. The maximum atomic E-state index is 13.9. The van der Waals surface area contributed by atoms with E-state index in [0.29, 0.717) is 0 Å². The van der Waals surface area contributed by atoms with Crippen LogP contribution in [0.4, 0.5) is 127 Å². The fourth-order valence-corrected chi connectivity index (χ4v) is 3.06. The van der Waals surface area contributed by atoms with Gasteiger partial charge in [0, 0.05) is 0 Å². The molecule has 0 aliphatic carbocycles. The molecule has 0 atom stereocenters. The fraction of sp³-hybridized carbons (Fsp3) is 0.700. The Kier molecular flexibility index (Phi) is 10.5. The Morgan fingerprint density at radius 2 is 0.490 bits per heavy atom. The Morgan fingerprint density at radius 1 is 0.294 bits per heavy atom. The van der Waals surface area contributed by atoms with Crippen LogP contribution in [-0.4, -0.2) is 88.5 Å². The molecule has 0 heterocycles. The van der Waals surface area contributed by atoms with E-state index in [1.807, 2.05) is 0 Å². The minimum Gasteiger partial charge on any atom is -0.508 e. The first-order valence-electron chi connectivity index (χ1n) is 11.2. The summed E-state index contributed by atoms with van der Waals surface area (Å²) in [6, 6.07) is -0.0436. The molecule has 0 aliphatic rings. The number of phenols is 1. The van der Waals surface area contributed by atoms with Crippen molar-refractivity contribution in [2.24, 2.45) is 0 Å². The maximum absolute atomic E-state index is 13.9. The molecule has 0 bridgehead atoms. The van der Waals surface area contributed by atoms with E-state index in [-0.39, 0.29) is 24.3 Å². The average molecular weight is 828 g/mol. The molecule has 31 heteroatoms. The van der Waals surface area contributed by atoms with E-state index in [2.05, 4.69) is 4.74 Å². The lowest BCUT2D eigenvalue weighted by Crippen LogP contribution is -2.79. The van der Waals surface area contributed by atoms with Crippen LogP contribution in [0.3, 0.4) is 0 Å². The highest BCUT2D eigenvalue weighted by molar-refractivity contribution is 5.31. The summed E-state index contributed by atoms with van der Waals surface area (Å²) in [4.78, 5) is 0. The number of rotatable bonds is 14.